The fourth-order valence-electron chi connectivity index (χ4n) is 2.57. The number of carbonyl (C=O) groups excluding carboxylic acids is 1. The van der Waals surface area contributed by atoms with Crippen LogP contribution in [0.15, 0.2) is 24.3 Å². The Morgan fingerprint density at radius 2 is 1.75 bits per heavy atom. The molecule has 2 saturated heterocycles. The third-order valence-corrected chi connectivity index (χ3v) is 3.45. The summed E-state index contributed by atoms with van der Waals surface area (Å²) in [6, 6.07) is 7.17. The average molecular weight is 279 g/mol. The first-order valence-corrected chi connectivity index (χ1v) is 6.56. The van der Waals surface area contributed by atoms with Gasteiger partial charge in [0, 0.05) is 12.6 Å². The number of benzene rings is 1. The summed E-state index contributed by atoms with van der Waals surface area (Å²) in [6.07, 6.45) is -1.02. The van der Waals surface area contributed by atoms with Crippen LogP contribution in [0.25, 0.3) is 0 Å². The van der Waals surface area contributed by atoms with Gasteiger partial charge in [-0.25, -0.2) is 0 Å². The van der Waals surface area contributed by atoms with Crippen LogP contribution in [0.2, 0.25) is 0 Å². The van der Waals surface area contributed by atoms with E-state index in [1.807, 2.05) is 0 Å². The van der Waals surface area contributed by atoms with Crippen LogP contribution >= 0.6 is 0 Å². The topological polar surface area (TPSA) is 80.0 Å². The van der Waals surface area contributed by atoms with Gasteiger partial charge in [-0.3, -0.25) is 4.79 Å². The van der Waals surface area contributed by atoms with Gasteiger partial charge in [-0.15, -0.1) is 0 Å². The fourth-order valence-corrected chi connectivity index (χ4v) is 2.57. The number of fused-ring (bicyclic) bond motifs is 1. The van der Waals surface area contributed by atoms with Crippen molar-refractivity contribution in [3.05, 3.63) is 24.3 Å². The van der Waals surface area contributed by atoms with E-state index in [-0.39, 0.29) is 30.4 Å². The van der Waals surface area contributed by atoms with E-state index in [0.29, 0.717) is 24.7 Å². The highest BCUT2D eigenvalue weighted by molar-refractivity contribution is 5.66. The zero-order chi connectivity index (χ0) is 14.1. The summed E-state index contributed by atoms with van der Waals surface area (Å²) >= 11 is 0. The number of carbonyl (C=O) groups is 1. The molecule has 20 heavy (non-hydrogen) atoms. The van der Waals surface area contributed by atoms with Gasteiger partial charge in [0.15, 0.2) is 12.2 Å². The van der Waals surface area contributed by atoms with Crippen LogP contribution in [0.5, 0.6) is 5.75 Å². The number of nitrogen functional groups attached to an aromatic ring is 1. The van der Waals surface area contributed by atoms with E-state index in [1.54, 1.807) is 24.3 Å². The van der Waals surface area contributed by atoms with E-state index in [9.17, 15) is 4.79 Å². The maximum atomic E-state index is 11.0. The van der Waals surface area contributed by atoms with Crippen molar-refractivity contribution in [2.24, 2.45) is 0 Å². The van der Waals surface area contributed by atoms with Gasteiger partial charge in [0.05, 0.1) is 13.2 Å². The molecule has 0 radical (unpaired) electrons. The van der Waals surface area contributed by atoms with Gasteiger partial charge >= 0.3 is 5.97 Å². The lowest BCUT2D eigenvalue weighted by Gasteiger charge is -2.18. The third-order valence-electron chi connectivity index (χ3n) is 3.45. The van der Waals surface area contributed by atoms with Crippen molar-refractivity contribution in [2.75, 3.05) is 18.9 Å². The molecule has 108 valence electrons. The van der Waals surface area contributed by atoms with E-state index < -0.39 is 0 Å². The average Bonchev–Trinajstić information content (AvgIpc) is 2.96. The number of esters is 1. The van der Waals surface area contributed by atoms with Crippen LogP contribution < -0.4 is 10.5 Å². The lowest BCUT2D eigenvalue weighted by Crippen LogP contribution is -2.36. The van der Waals surface area contributed by atoms with Crippen molar-refractivity contribution in [1.82, 2.24) is 0 Å². The summed E-state index contributed by atoms with van der Waals surface area (Å²) in [7, 11) is 0. The Balaban J connectivity index is 1.63. The van der Waals surface area contributed by atoms with Crippen molar-refractivity contribution in [2.45, 2.75) is 31.3 Å². The molecule has 0 saturated carbocycles. The summed E-state index contributed by atoms with van der Waals surface area (Å²) in [6.45, 7) is 2.14. The van der Waals surface area contributed by atoms with Gasteiger partial charge in [-0.05, 0) is 24.3 Å². The standard InChI is InChI=1S/C14H17NO5/c1-8(16)19-11-6-17-14-12(7-18-13(11)14)20-10-4-2-9(15)3-5-10/h2-5,11-14H,6-7,15H2,1H3/t11-,12-,13+,14+/m0/s1. The summed E-state index contributed by atoms with van der Waals surface area (Å²) in [4.78, 5) is 11.0. The fraction of sp³-hybridized carbons (Fsp3) is 0.500. The molecule has 0 unspecified atom stereocenters. The monoisotopic (exact) mass is 279 g/mol. The Labute approximate surface area is 116 Å². The van der Waals surface area contributed by atoms with Gasteiger partial charge in [0.1, 0.15) is 18.0 Å². The predicted octanol–water partition coefficient (Wildman–Crippen LogP) is 0.745. The summed E-state index contributed by atoms with van der Waals surface area (Å²) < 4.78 is 22.3. The second-order valence-electron chi connectivity index (χ2n) is 4.97. The molecule has 1 aromatic rings. The molecule has 0 bridgehead atoms. The second kappa shape index (κ2) is 5.30. The molecule has 2 heterocycles. The quantitative estimate of drug-likeness (QED) is 0.649. The maximum absolute atomic E-state index is 11.0. The zero-order valence-electron chi connectivity index (χ0n) is 11.2. The number of rotatable bonds is 3. The smallest absolute Gasteiger partial charge is 0.303 e. The van der Waals surface area contributed by atoms with Crippen LogP contribution in [-0.2, 0) is 19.0 Å². The number of ether oxygens (including phenoxy) is 4. The number of nitrogens with two attached hydrogens (primary N) is 1. The van der Waals surface area contributed by atoms with Gasteiger partial charge in [0.25, 0.3) is 0 Å². The highest BCUT2D eigenvalue weighted by Gasteiger charge is 2.50. The van der Waals surface area contributed by atoms with Crippen LogP contribution in [0.4, 0.5) is 5.69 Å². The number of hydrogen-bond acceptors (Lipinski definition) is 6. The van der Waals surface area contributed by atoms with Gasteiger partial charge in [0.2, 0.25) is 0 Å². The molecule has 0 aromatic heterocycles. The van der Waals surface area contributed by atoms with Crippen LogP contribution in [0, 0.1) is 0 Å². The number of anilines is 1. The van der Waals surface area contributed by atoms with E-state index in [1.165, 1.54) is 6.92 Å². The molecule has 6 nitrogen and oxygen atoms in total. The van der Waals surface area contributed by atoms with Crippen molar-refractivity contribution in [1.29, 1.82) is 0 Å². The Hall–Kier alpha value is -1.79. The first-order chi connectivity index (χ1) is 9.63. The van der Waals surface area contributed by atoms with E-state index in [4.69, 9.17) is 24.7 Å². The molecule has 1 aromatic carbocycles. The lowest BCUT2D eigenvalue weighted by molar-refractivity contribution is -0.150. The molecule has 2 aliphatic rings. The Bertz CT molecular complexity index is 489. The van der Waals surface area contributed by atoms with Crippen LogP contribution in [0.3, 0.4) is 0 Å². The zero-order valence-corrected chi connectivity index (χ0v) is 11.2. The lowest BCUT2D eigenvalue weighted by atomic mass is 10.1. The number of hydrogen-bond donors (Lipinski definition) is 1. The van der Waals surface area contributed by atoms with E-state index in [0.717, 1.165) is 0 Å². The largest absolute Gasteiger partial charge is 0.485 e. The van der Waals surface area contributed by atoms with Crippen molar-refractivity contribution >= 4 is 11.7 Å². The first kappa shape index (κ1) is 13.2. The molecular weight excluding hydrogens is 262 g/mol. The Kier molecular flexibility index (Phi) is 3.50. The molecule has 0 amide bonds. The minimum Gasteiger partial charge on any atom is -0.485 e. The highest BCUT2D eigenvalue weighted by atomic mass is 16.7. The highest BCUT2D eigenvalue weighted by Crippen LogP contribution is 2.31. The minimum absolute atomic E-state index is 0.204. The Morgan fingerprint density at radius 3 is 2.40 bits per heavy atom. The molecule has 4 atom stereocenters. The summed E-state index contributed by atoms with van der Waals surface area (Å²) in [5.41, 5.74) is 6.32. The second-order valence-corrected chi connectivity index (χ2v) is 4.97. The molecule has 2 aliphatic heterocycles. The molecule has 0 spiro atoms. The van der Waals surface area contributed by atoms with E-state index >= 15 is 0 Å². The third kappa shape index (κ3) is 2.57. The van der Waals surface area contributed by atoms with Gasteiger partial charge in [-0.1, -0.05) is 0 Å². The molecular formula is C14H17NO5. The SMILES string of the molecule is CC(=O)O[C@H]1CO[C@H]2[C@@H]1OC[C@@H]2Oc1ccc(N)cc1. The Morgan fingerprint density at radius 1 is 1.15 bits per heavy atom. The molecule has 3 rings (SSSR count). The molecule has 2 fully saturated rings. The van der Waals surface area contributed by atoms with Crippen molar-refractivity contribution in [3.8, 4) is 5.75 Å². The predicted molar refractivity (Wildman–Crippen MR) is 70.3 cm³/mol. The molecule has 6 heteroatoms. The van der Waals surface area contributed by atoms with E-state index in [2.05, 4.69) is 0 Å². The van der Waals surface area contributed by atoms with Crippen molar-refractivity contribution in [3.63, 3.8) is 0 Å². The van der Waals surface area contributed by atoms with Crippen LogP contribution in [0.1, 0.15) is 6.92 Å². The summed E-state index contributed by atoms with van der Waals surface area (Å²) in [5, 5.41) is 0. The van der Waals surface area contributed by atoms with Crippen molar-refractivity contribution < 1.29 is 23.7 Å². The van der Waals surface area contributed by atoms with Crippen LogP contribution in [-0.4, -0.2) is 43.6 Å². The first-order valence-electron chi connectivity index (χ1n) is 6.56. The normalized spacial score (nSPS) is 31.9. The molecule has 2 N–H and O–H groups in total. The minimum atomic E-state index is -0.350. The summed E-state index contributed by atoms with van der Waals surface area (Å²) in [5.74, 6) is 0.388. The van der Waals surface area contributed by atoms with Gasteiger partial charge < -0.3 is 24.7 Å². The molecule has 0 aliphatic carbocycles. The maximum Gasteiger partial charge on any atom is 0.303 e. The van der Waals surface area contributed by atoms with Gasteiger partial charge in [-0.2, -0.15) is 0 Å².